The summed E-state index contributed by atoms with van der Waals surface area (Å²) in [5, 5.41) is 10.4. The van der Waals surface area contributed by atoms with Crippen molar-refractivity contribution in [2.24, 2.45) is 5.73 Å². The van der Waals surface area contributed by atoms with E-state index in [1.165, 1.54) is 10.9 Å². The Labute approximate surface area is 138 Å². The molecule has 7 nitrogen and oxygen atoms in total. The van der Waals surface area contributed by atoms with Crippen LogP contribution in [0.1, 0.15) is 22.1 Å². The number of nitrogens with one attached hydrogen (secondary N) is 1. The number of carbonyl (C=O) groups excluding carboxylic acids is 2. The molecular weight excluding hydrogens is 306 g/mol. The second-order valence-corrected chi connectivity index (χ2v) is 5.10. The molecule has 0 fully saturated rings. The van der Waals surface area contributed by atoms with Crippen LogP contribution in [0.25, 0.3) is 5.69 Å². The van der Waals surface area contributed by atoms with E-state index in [0.717, 1.165) is 5.69 Å². The zero-order valence-corrected chi connectivity index (χ0v) is 12.7. The maximum Gasteiger partial charge on any atom is 0.274 e. The predicted octanol–water partition coefficient (Wildman–Crippen LogP) is 1.22. The first-order valence-electron chi connectivity index (χ1n) is 7.28. The van der Waals surface area contributed by atoms with Crippen LogP contribution in [0.2, 0.25) is 0 Å². The van der Waals surface area contributed by atoms with Gasteiger partial charge in [-0.3, -0.25) is 9.59 Å². The van der Waals surface area contributed by atoms with E-state index in [9.17, 15) is 9.59 Å². The number of benzene rings is 2. The second kappa shape index (κ2) is 6.74. The van der Waals surface area contributed by atoms with Crippen LogP contribution in [-0.4, -0.2) is 26.8 Å². The molecule has 1 unspecified atom stereocenters. The van der Waals surface area contributed by atoms with E-state index in [-0.39, 0.29) is 5.69 Å². The van der Waals surface area contributed by atoms with Crippen LogP contribution in [-0.2, 0) is 4.79 Å². The van der Waals surface area contributed by atoms with Crippen LogP contribution >= 0.6 is 0 Å². The summed E-state index contributed by atoms with van der Waals surface area (Å²) >= 11 is 0. The average molecular weight is 321 g/mol. The summed E-state index contributed by atoms with van der Waals surface area (Å²) < 4.78 is 1.48. The van der Waals surface area contributed by atoms with Gasteiger partial charge in [-0.05, 0) is 17.7 Å². The first kappa shape index (κ1) is 15.4. The topological polar surface area (TPSA) is 103 Å². The molecule has 0 aliphatic heterocycles. The van der Waals surface area contributed by atoms with Crippen LogP contribution in [0, 0.1) is 0 Å². The Hall–Kier alpha value is -3.48. The Morgan fingerprint density at radius 1 is 1.00 bits per heavy atom. The van der Waals surface area contributed by atoms with Gasteiger partial charge in [-0.2, -0.15) is 0 Å². The zero-order valence-electron chi connectivity index (χ0n) is 12.7. The molecular formula is C17H15N5O2. The van der Waals surface area contributed by atoms with Gasteiger partial charge >= 0.3 is 0 Å². The van der Waals surface area contributed by atoms with E-state index in [1.807, 2.05) is 36.4 Å². The molecule has 24 heavy (non-hydrogen) atoms. The average Bonchev–Trinajstić information content (AvgIpc) is 3.11. The number of rotatable bonds is 5. The van der Waals surface area contributed by atoms with Gasteiger partial charge < -0.3 is 11.1 Å². The Balaban J connectivity index is 1.79. The molecule has 2 amide bonds. The van der Waals surface area contributed by atoms with Gasteiger partial charge in [0.05, 0.1) is 11.9 Å². The molecule has 3 rings (SSSR count). The first-order chi connectivity index (χ1) is 11.6. The van der Waals surface area contributed by atoms with E-state index >= 15 is 0 Å². The molecule has 1 aromatic heterocycles. The van der Waals surface area contributed by atoms with Crippen molar-refractivity contribution in [2.75, 3.05) is 0 Å². The highest BCUT2D eigenvalue weighted by molar-refractivity contribution is 5.95. The number of para-hydroxylation sites is 1. The van der Waals surface area contributed by atoms with Crippen molar-refractivity contribution >= 4 is 11.8 Å². The van der Waals surface area contributed by atoms with Crippen LogP contribution in [0.5, 0.6) is 0 Å². The molecule has 120 valence electrons. The molecule has 3 aromatic rings. The van der Waals surface area contributed by atoms with Gasteiger partial charge in [-0.25, -0.2) is 4.68 Å². The Bertz CT molecular complexity index is 846. The number of primary amides is 1. The molecule has 1 heterocycles. The lowest BCUT2D eigenvalue weighted by Gasteiger charge is -2.14. The fraction of sp³-hybridized carbons (Fsp3) is 0.0588. The largest absolute Gasteiger partial charge is 0.368 e. The maximum absolute atomic E-state index is 12.3. The quantitative estimate of drug-likeness (QED) is 0.737. The van der Waals surface area contributed by atoms with Crippen molar-refractivity contribution in [1.82, 2.24) is 20.3 Å². The van der Waals surface area contributed by atoms with Crippen molar-refractivity contribution in [3.8, 4) is 5.69 Å². The van der Waals surface area contributed by atoms with E-state index in [4.69, 9.17) is 5.73 Å². The summed E-state index contributed by atoms with van der Waals surface area (Å²) in [6.45, 7) is 0. The van der Waals surface area contributed by atoms with E-state index in [2.05, 4.69) is 15.6 Å². The molecule has 2 aromatic carbocycles. The molecule has 0 saturated heterocycles. The van der Waals surface area contributed by atoms with Crippen molar-refractivity contribution in [3.63, 3.8) is 0 Å². The van der Waals surface area contributed by atoms with Crippen molar-refractivity contribution in [3.05, 3.63) is 78.1 Å². The molecule has 0 aliphatic rings. The number of amides is 2. The Morgan fingerprint density at radius 2 is 1.62 bits per heavy atom. The minimum atomic E-state index is -0.930. The lowest BCUT2D eigenvalue weighted by Crippen LogP contribution is -2.37. The summed E-state index contributed by atoms with van der Waals surface area (Å²) in [4.78, 5) is 24.0. The summed E-state index contributed by atoms with van der Waals surface area (Å²) in [5.74, 6) is -1.17. The standard InChI is InChI=1S/C17H15N5O2/c18-16(23)15(12-7-3-1-4-8-12)19-17(24)14-11-22(21-20-14)13-9-5-2-6-10-13/h1-11,15H,(H2,18,23)(H,19,24). The van der Waals surface area contributed by atoms with E-state index in [0.29, 0.717) is 5.56 Å². The van der Waals surface area contributed by atoms with Gasteiger partial charge in [0.1, 0.15) is 6.04 Å². The fourth-order valence-corrected chi connectivity index (χ4v) is 2.24. The number of carbonyl (C=O) groups is 2. The van der Waals surface area contributed by atoms with Crippen molar-refractivity contribution in [1.29, 1.82) is 0 Å². The van der Waals surface area contributed by atoms with Crippen LogP contribution < -0.4 is 11.1 Å². The number of aromatic nitrogens is 3. The molecule has 3 N–H and O–H groups in total. The van der Waals surface area contributed by atoms with Gasteiger partial charge in [0.15, 0.2) is 5.69 Å². The van der Waals surface area contributed by atoms with Crippen molar-refractivity contribution < 1.29 is 9.59 Å². The molecule has 0 spiro atoms. The molecule has 1 atom stereocenters. The van der Waals surface area contributed by atoms with E-state index in [1.54, 1.807) is 24.3 Å². The number of hydrogen-bond donors (Lipinski definition) is 2. The molecule has 7 heteroatoms. The maximum atomic E-state index is 12.3. The van der Waals surface area contributed by atoms with Crippen molar-refractivity contribution in [2.45, 2.75) is 6.04 Å². The third-order valence-electron chi connectivity index (χ3n) is 3.44. The second-order valence-electron chi connectivity index (χ2n) is 5.10. The monoisotopic (exact) mass is 321 g/mol. The van der Waals surface area contributed by atoms with Crippen LogP contribution in [0.4, 0.5) is 0 Å². The highest BCUT2D eigenvalue weighted by atomic mass is 16.2. The zero-order chi connectivity index (χ0) is 16.9. The molecule has 0 radical (unpaired) electrons. The summed E-state index contributed by atoms with van der Waals surface area (Å²) in [5.41, 5.74) is 6.88. The SMILES string of the molecule is NC(=O)C(NC(=O)c1cn(-c2ccccc2)nn1)c1ccccc1. The lowest BCUT2D eigenvalue weighted by atomic mass is 10.1. The first-order valence-corrected chi connectivity index (χ1v) is 7.28. The van der Waals surface area contributed by atoms with Gasteiger partial charge in [0.2, 0.25) is 5.91 Å². The summed E-state index contributed by atoms with van der Waals surface area (Å²) in [6.07, 6.45) is 1.49. The number of nitrogens with zero attached hydrogens (tertiary/aromatic N) is 3. The lowest BCUT2D eigenvalue weighted by molar-refractivity contribution is -0.120. The predicted molar refractivity (Wildman–Crippen MR) is 87.2 cm³/mol. The third-order valence-corrected chi connectivity index (χ3v) is 3.44. The highest BCUT2D eigenvalue weighted by Crippen LogP contribution is 2.13. The van der Waals surface area contributed by atoms with Gasteiger partial charge in [0, 0.05) is 0 Å². The van der Waals surface area contributed by atoms with Gasteiger partial charge in [-0.15, -0.1) is 5.10 Å². The fourth-order valence-electron chi connectivity index (χ4n) is 2.24. The van der Waals surface area contributed by atoms with E-state index < -0.39 is 17.9 Å². The Kier molecular flexibility index (Phi) is 4.33. The summed E-state index contributed by atoms with van der Waals surface area (Å²) in [6, 6.07) is 17.1. The Morgan fingerprint density at radius 3 is 2.25 bits per heavy atom. The minimum absolute atomic E-state index is 0.0982. The normalized spacial score (nSPS) is 11.7. The molecule has 0 saturated carbocycles. The molecule has 0 aliphatic carbocycles. The molecule has 0 bridgehead atoms. The van der Waals surface area contributed by atoms with Crippen LogP contribution in [0.3, 0.4) is 0 Å². The summed E-state index contributed by atoms with van der Waals surface area (Å²) in [7, 11) is 0. The van der Waals surface area contributed by atoms with Gasteiger partial charge in [0.25, 0.3) is 5.91 Å². The highest BCUT2D eigenvalue weighted by Gasteiger charge is 2.22. The number of hydrogen-bond acceptors (Lipinski definition) is 4. The smallest absolute Gasteiger partial charge is 0.274 e. The van der Waals surface area contributed by atoms with Gasteiger partial charge in [-0.1, -0.05) is 53.7 Å². The third kappa shape index (κ3) is 3.30. The minimum Gasteiger partial charge on any atom is -0.368 e. The van der Waals surface area contributed by atoms with Crippen LogP contribution in [0.15, 0.2) is 66.9 Å². The number of nitrogens with two attached hydrogens (primary N) is 1.